The summed E-state index contributed by atoms with van der Waals surface area (Å²) < 4.78 is 39.6. The monoisotopic (exact) mass is 364 g/mol. The number of aromatic amines is 1. The van der Waals surface area contributed by atoms with Crippen LogP contribution in [0.3, 0.4) is 0 Å². The number of hydrogen-bond acceptors (Lipinski definition) is 4. The summed E-state index contributed by atoms with van der Waals surface area (Å²) in [4.78, 5) is 11.6. The number of imidazole rings is 1. The van der Waals surface area contributed by atoms with Crippen molar-refractivity contribution in [1.29, 1.82) is 0 Å². The van der Waals surface area contributed by atoms with Crippen LogP contribution < -0.4 is 5.32 Å². The Morgan fingerprint density at radius 2 is 2.12 bits per heavy atom. The zero-order valence-electron chi connectivity index (χ0n) is 13.4. The van der Waals surface area contributed by atoms with Crippen LogP contribution >= 0.6 is 12.4 Å². The highest BCUT2D eigenvalue weighted by molar-refractivity contribution is 5.85. The van der Waals surface area contributed by atoms with Gasteiger partial charge in [0.2, 0.25) is 0 Å². The van der Waals surface area contributed by atoms with E-state index in [2.05, 4.69) is 25.4 Å². The molecule has 0 amide bonds. The molecule has 2 aromatic rings. The van der Waals surface area contributed by atoms with E-state index in [4.69, 9.17) is 0 Å². The molecule has 0 fully saturated rings. The zero-order chi connectivity index (χ0) is 16.6. The number of halogens is 4. The molecule has 0 aliphatic carbocycles. The second-order valence-electron chi connectivity index (χ2n) is 6.16. The highest BCUT2D eigenvalue weighted by Crippen LogP contribution is 2.27. The Morgan fingerprint density at radius 1 is 1.38 bits per heavy atom. The number of rotatable bonds is 4. The lowest BCUT2D eigenvalue weighted by molar-refractivity contribution is -0.143. The molecule has 1 unspecified atom stereocenters. The van der Waals surface area contributed by atoms with Crippen molar-refractivity contribution >= 4 is 12.4 Å². The Bertz CT molecular complexity index is 678. The normalized spacial score (nSPS) is 17.7. The second-order valence-corrected chi connectivity index (χ2v) is 6.16. The average Bonchev–Trinajstić information content (AvgIpc) is 3.02. The van der Waals surface area contributed by atoms with Crippen LogP contribution in [0.2, 0.25) is 0 Å². The predicted octanol–water partition coefficient (Wildman–Crippen LogP) is 2.42. The van der Waals surface area contributed by atoms with Crippen molar-refractivity contribution in [3.05, 3.63) is 29.4 Å². The molecule has 0 bridgehead atoms. The fourth-order valence-electron chi connectivity index (χ4n) is 2.79. The highest BCUT2D eigenvalue weighted by atomic mass is 35.5. The maximum Gasteiger partial charge on any atom is 0.408 e. The first-order valence-electron chi connectivity index (χ1n) is 7.59. The maximum absolute atomic E-state index is 12.9. The van der Waals surface area contributed by atoms with E-state index in [1.54, 1.807) is 6.33 Å². The molecular weight excluding hydrogens is 345 g/mol. The van der Waals surface area contributed by atoms with E-state index < -0.39 is 18.8 Å². The lowest BCUT2D eigenvalue weighted by Crippen LogP contribution is -2.34. The van der Waals surface area contributed by atoms with Gasteiger partial charge in [-0.05, 0) is 5.92 Å². The van der Waals surface area contributed by atoms with Crippen molar-refractivity contribution in [3.8, 4) is 0 Å². The predicted molar refractivity (Wildman–Crippen MR) is 84.0 cm³/mol. The van der Waals surface area contributed by atoms with E-state index in [0.717, 1.165) is 16.8 Å². The largest absolute Gasteiger partial charge is 0.408 e. The molecule has 3 heterocycles. The number of alkyl halides is 3. The fraction of sp³-hybridized carbons (Fsp3) is 0.643. The van der Waals surface area contributed by atoms with E-state index in [1.807, 2.05) is 13.8 Å². The Morgan fingerprint density at radius 3 is 2.79 bits per heavy atom. The van der Waals surface area contributed by atoms with Gasteiger partial charge in [-0.3, -0.25) is 0 Å². The van der Waals surface area contributed by atoms with Crippen LogP contribution in [0.5, 0.6) is 0 Å². The third-order valence-electron chi connectivity index (χ3n) is 3.67. The average molecular weight is 365 g/mol. The van der Waals surface area contributed by atoms with Crippen molar-refractivity contribution in [2.24, 2.45) is 5.92 Å². The van der Waals surface area contributed by atoms with E-state index in [1.165, 1.54) is 0 Å². The molecule has 24 heavy (non-hydrogen) atoms. The van der Waals surface area contributed by atoms with Gasteiger partial charge in [0, 0.05) is 25.1 Å². The molecule has 0 aromatic carbocycles. The van der Waals surface area contributed by atoms with Crippen LogP contribution in [0.4, 0.5) is 13.2 Å². The topological polar surface area (TPSA) is 71.4 Å². The van der Waals surface area contributed by atoms with Gasteiger partial charge in [-0.15, -0.1) is 12.4 Å². The number of nitrogens with zero attached hydrogens (tertiary/aromatic N) is 4. The van der Waals surface area contributed by atoms with Crippen molar-refractivity contribution < 1.29 is 13.2 Å². The van der Waals surface area contributed by atoms with Gasteiger partial charge in [0.1, 0.15) is 12.6 Å². The maximum atomic E-state index is 12.9. The van der Waals surface area contributed by atoms with Crippen LogP contribution in [-0.2, 0) is 19.4 Å². The molecule has 10 heteroatoms. The van der Waals surface area contributed by atoms with Crippen LogP contribution in [0, 0.1) is 5.92 Å². The van der Waals surface area contributed by atoms with Crippen LogP contribution in [-0.4, -0.2) is 37.5 Å². The minimum Gasteiger partial charge on any atom is -0.348 e. The molecular formula is C14H20ClF3N6. The first-order valence-corrected chi connectivity index (χ1v) is 7.59. The summed E-state index contributed by atoms with van der Waals surface area (Å²) in [5.41, 5.74) is 1.63. The van der Waals surface area contributed by atoms with Gasteiger partial charge in [0.15, 0.2) is 11.6 Å². The number of fused-ring (bicyclic) bond motifs is 1. The molecule has 134 valence electrons. The first kappa shape index (κ1) is 18.7. The first-order chi connectivity index (χ1) is 10.8. The van der Waals surface area contributed by atoms with Gasteiger partial charge in [0.25, 0.3) is 0 Å². The SMILES string of the molecule is CC(C)Cc1nc(C2NCCc3[nH]cnc32)n(CC(F)(F)F)n1.Cl. The van der Waals surface area contributed by atoms with Gasteiger partial charge in [-0.2, -0.15) is 18.3 Å². The van der Waals surface area contributed by atoms with Crippen LogP contribution in [0.15, 0.2) is 6.33 Å². The van der Waals surface area contributed by atoms with E-state index in [-0.39, 0.29) is 24.1 Å². The zero-order valence-corrected chi connectivity index (χ0v) is 14.2. The summed E-state index contributed by atoms with van der Waals surface area (Å²) in [5.74, 6) is 0.972. The Labute approximate surface area is 143 Å². The van der Waals surface area contributed by atoms with Gasteiger partial charge in [-0.25, -0.2) is 14.6 Å². The van der Waals surface area contributed by atoms with Gasteiger partial charge >= 0.3 is 6.18 Å². The molecule has 1 aliphatic heterocycles. The standard InChI is InChI=1S/C14H19F3N6.ClH/c1-8(2)5-10-21-13(23(22-10)6-14(15,16)17)12-11-9(3-4-18-12)19-7-20-11;/h7-8,12,18H,3-6H2,1-2H3,(H,19,20);1H. The Balaban J connectivity index is 0.00000208. The number of H-pyrrole nitrogens is 1. The number of hydrogen-bond donors (Lipinski definition) is 2. The molecule has 1 atom stereocenters. The van der Waals surface area contributed by atoms with Crippen LogP contribution in [0.25, 0.3) is 0 Å². The Kier molecular flexibility index (Phi) is 5.54. The minimum absolute atomic E-state index is 0. The van der Waals surface area contributed by atoms with Crippen molar-refractivity contribution in [3.63, 3.8) is 0 Å². The lowest BCUT2D eigenvalue weighted by Gasteiger charge is -2.22. The Hall–Kier alpha value is -1.61. The number of aromatic nitrogens is 5. The van der Waals surface area contributed by atoms with Gasteiger partial charge < -0.3 is 10.3 Å². The van der Waals surface area contributed by atoms with E-state index in [0.29, 0.717) is 24.5 Å². The summed E-state index contributed by atoms with van der Waals surface area (Å²) in [6.45, 7) is 3.47. The molecule has 0 radical (unpaired) electrons. The molecule has 0 saturated heterocycles. The third kappa shape index (κ3) is 4.07. The minimum atomic E-state index is -4.35. The van der Waals surface area contributed by atoms with E-state index >= 15 is 0 Å². The van der Waals surface area contributed by atoms with Gasteiger partial charge in [-0.1, -0.05) is 13.8 Å². The quantitative estimate of drug-likeness (QED) is 0.874. The molecule has 0 spiro atoms. The summed E-state index contributed by atoms with van der Waals surface area (Å²) in [5, 5.41) is 7.27. The lowest BCUT2D eigenvalue weighted by atomic mass is 10.0. The fourth-order valence-corrected chi connectivity index (χ4v) is 2.79. The van der Waals surface area contributed by atoms with Gasteiger partial charge in [0.05, 0.1) is 12.0 Å². The molecule has 2 aromatic heterocycles. The number of nitrogens with one attached hydrogen (secondary N) is 2. The molecule has 1 aliphatic rings. The summed E-state index contributed by atoms with van der Waals surface area (Å²) in [7, 11) is 0. The molecule has 0 saturated carbocycles. The molecule has 2 N–H and O–H groups in total. The summed E-state index contributed by atoms with van der Waals surface area (Å²) in [6.07, 6.45) is -1.49. The van der Waals surface area contributed by atoms with Crippen molar-refractivity contribution in [2.45, 2.75) is 45.5 Å². The third-order valence-corrected chi connectivity index (χ3v) is 3.67. The second kappa shape index (κ2) is 7.10. The van der Waals surface area contributed by atoms with E-state index in [9.17, 15) is 13.2 Å². The highest BCUT2D eigenvalue weighted by Gasteiger charge is 2.34. The smallest absolute Gasteiger partial charge is 0.348 e. The van der Waals surface area contributed by atoms with Crippen LogP contribution in [0.1, 0.15) is 42.9 Å². The summed E-state index contributed by atoms with van der Waals surface area (Å²) >= 11 is 0. The van der Waals surface area contributed by atoms with Crippen molar-refractivity contribution in [2.75, 3.05) is 6.54 Å². The van der Waals surface area contributed by atoms with Crippen molar-refractivity contribution in [1.82, 2.24) is 30.0 Å². The molecule has 3 rings (SSSR count). The molecule has 6 nitrogen and oxygen atoms in total. The summed E-state index contributed by atoms with van der Waals surface area (Å²) in [6, 6.07) is -0.472.